The number of nitrogens with one attached hydrogen (secondary N) is 1. The number of hydrogen-bond acceptors (Lipinski definition) is 5. The van der Waals surface area contributed by atoms with Gasteiger partial charge in [-0.25, -0.2) is 4.79 Å². The lowest BCUT2D eigenvalue weighted by atomic mass is 10.3. The lowest BCUT2D eigenvalue weighted by molar-refractivity contribution is 0.188. The van der Waals surface area contributed by atoms with Gasteiger partial charge in [-0.15, -0.1) is 16.4 Å². The molecule has 0 unspecified atom stereocenters. The summed E-state index contributed by atoms with van der Waals surface area (Å²) in [6.07, 6.45) is 0.768. The van der Waals surface area contributed by atoms with Crippen LogP contribution in [-0.2, 0) is 0 Å². The molecule has 6 nitrogen and oxygen atoms in total. The van der Waals surface area contributed by atoms with Gasteiger partial charge >= 0.3 is 6.03 Å². The molecule has 1 N–H and O–H groups in total. The standard InChI is InChI=1S/C14H16N4O2S/c1-10-4-5-12(17-16-10)20-11-6-7-18(9-11)14(19)15-13-3-2-8-21-13/h2-5,8,11H,6-7,9H2,1H3,(H,15,19)/t11-/m0/s1. The van der Waals surface area contributed by atoms with Gasteiger partial charge in [-0.3, -0.25) is 5.32 Å². The van der Waals surface area contributed by atoms with Crippen LogP contribution in [0.2, 0.25) is 0 Å². The largest absolute Gasteiger partial charge is 0.471 e. The summed E-state index contributed by atoms with van der Waals surface area (Å²) >= 11 is 1.51. The molecule has 0 bridgehead atoms. The van der Waals surface area contributed by atoms with Crippen molar-refractivity contribution >= 4 is 22.4 Å². The number of ether oxygens (including phenoxy) is 1. The fraction of sp³-hybridized carbons (Fsp3) is 0.357. The molecule has 0 radical (unpaired) electrons. The number of aromatic nitrogens is 2. The van der Waals surface area contributed by atoms with Crippen LogP contribution in [0.3, 0.4) is 0 Å². The van der Waals surface area contributed by atoms with E-state index in [1.165, 1.54) is 11.3 Å². The predicted octanol–water partition coefficient (Wildman–Crippen LogP) is 2.53. The summed E-state index contributed by atoms with van der Waals surface area (Å²) in [6.45, 7) is 3.12. The minimum Gasteiger partial charge on any atom is -0.471 e. The lowest BCUT2D eigenvalue weighted by Crippen LogP contribution is -2.34. The van der Waals surface area contributed by atoms with E-state index in [1.807, 2.05) is 30.5 Å². The Balaban J connectivity index is 1.53. The average Bonchev–Trinajstić information content (AvgIpc) is 3.13. The first-order valence-electron chi connectivity index (χ1n) is 6.77. The Morgan fingerprint density at radius 1 is 1.43 bits per heavy atom. The first-order valence-corrected chi connectivity index (χ1v) is 7.65. The van der Waals surface area contributed by atoms with E-state index in [9.17, 15) is 4.79 Å². The van der Waals surface area contributed by atoms with E-state index in [0.717, 1.165) is 17.1 Å². The third kappa shape index (κ3) is 3.49. The molecule has 2 amide bonds. The van der Waals surface area contributed by atoms with Gasteiger partial charge in [0.05, 0.1) is 17.2 Å². The summed E-state index contributed by atoms with van der Waals surface area (Å²) in [4.78, 5) is 13.8. The maximum atomic E-state index is 12.1. The Labute approximate surface area is 126 Å². The quantitative estimate of drug-likeness (QED) is 0.946. The molecule has 1 saturated heterocycles. The Hall–Kier alpha value is -2.15. The van der Waals surface area contributed by atoms with Crippen LogP contribution in [0.4, 0.5) is 9.80 Å². The summed E-state index contributed by atoms with van der Waals surface area (Å²) in [5.41, 5.74) is 0.853. The number of nitrogens with zero attached hydrogens (tertiary/aromatic N) is 3. The fourth-order valence-electron chi connectivity index (χ4n) is 2.16. The lowest BCUT2D eigenvalue weighted by Gasteiger charge is -2.17. The molecule has 7 heteroatoms. The summed E-state index contributed by atoms with van der Waals surface area (Å²) in [6, 6.07) is 7.37. The molecule has 0 aromatic carbocycles. The number of carbonyl (C=O) groups excluding carboxylic acids is 1. The predicted molar refractivity (Wildman–Crippen MR) is 80.7 cm³/mol. The topological polar surface area (TPSA) is 67.3 Å². The zero-order valence-electron chi connectivity index (χ0n) is 11.7. The Morgan fingerprint density at radius 2 is 2.33 bits per heavy atom. The highest BCUT2D eigenvalue weighted by Crippen LogP contribution is 2.19. The molecule has 2 aromatic heterocycles. The van der Waals surface area contributed by atoms with Crippen molar-refractivity contribution < 1.29 is 9.53 Å². The third-order valence-corrected chi connectivity index (χ3v) is 4.03. The maximum absolute atomic E-state index is 12.1. The SMILES string of the molecule is Cc1ccc(O[C@H]2CCN(C(=O)Nc3cccs3)C2)nn1. The molecule has 3 rings (SSSR count). The first kappa shape index (κ1) is 13.8. The van der Waals surface area contributed by atoms with Crippen LogP contribution < -0.4 is 10.1 Å². The number of anilines is 1. The van der Waals surface area contributed by atoms with Crippen LogP contribution in [0, 0.1) is 6.92 Å². The molecule has 3 heterocycles. The van der Waals surface area contributed by atoms with Crippen molar-refractivity contribution in [3.05, 3.63) is 35.3 Å². The van der Waals surface area contributed by atoms with Crippen LogP contribution in [-0.4, -0.2) is 40.3 Å². The number of amides is 2. The van der Waals surface area contributed by atoms with E-state index in [2.05, 4.69) is 15.5 Å². The first-order chi connectivity index (χ1) is 10.2. The Kier molecular flexibility index (Phi) is 4.01. The van der Waals surface area contributed by atoms with Crippen LogP contribution >= 0.6 is 11.3 Å². The number of likely N-dealkylation sites (tertiary alicyclic amines) is 1. The minimum atomic E-state index is -0.0847. The van der Waals surface area contributed by atoms with Crippen molar-refractivity contribution in [2.24, 2.45) is 0 Å². The molecule has 1 aliphatic rings. The van der Waals surface area contributed by atoms with Gasteiger partial charge in [-0.2, -0.15) is 5.10 Å². The zero-order valence-corrected chi connectivity index (χ0v) is 12.5. The van der Waals surface area contributed by atoms with Crippen molar-refractivity contribution in [3.63, 3.8) is 0 Å². The molecule has 0 spiro atoms. The molecular weight excluding hydrogens is 288 g/mol. The molecule has 0 aliphatic carbocycles. The second-order valence-corrected chi connectivity index (χ2v) is 5.84. The van der Waals surface area contributed by atoms with E-state index in [0.29, 0.717) is 19.0 Å². The second-order valence-electron chi connectivity index (χ2n) is 4.89. The summed E-state index contributed by atoms with van der Waals surface area (Å²) in [5, 5.41) is 13.6. The van der Waals surface area contributed by atoms with E-state index in [1.54, 1.807) is 11.0 Å². The number of aryl methyl sites for hydroxylation is 1. The van der Waals surface area contributed by atoms with Crippen molar-refractivity contribution in [1.82, 2.24) is 15.1 Å². The van der Waals surface area contributed by atoms with Crippen LogP contribution in [0.1, 0.15) is 12.1 Å². The van der Waals surface area contributed by atoms with Gasteiger partial charge in [0.25, 0.3) is 0 Å². The van der Waals surface area contributed by atoms with Crippen molar-refractivity contribution in [3.8, 4) is 5.88 Å². The molecule has 1 aliphatic heterocycles. The van der Waals surface area contributed by atoms with Crippen molar-refractivity contribution in [1.29, 1.82) is 0 Å². The molecule has 2 aromatic rings. The minimum absolute atomic E-state index is 0.0314. The van der Waals surface area contributed by atoms with Crippen LogP contribution in [0.25, 0.3) is 0 Å². The van der Waals surface area contributed by atoms with Crippen molar-refractivity contribution in [2.75, 3.05) is 18.4 Å². The Morgan fingerprint density at radius 3 is 3.05 bits per heavy atom. The second kappa shape index (κ2) is 6.09. The molecule has 110 valence electrons. The normalized spacial score (nSPS) is 17.8. The number of thiophene rings is 1. The van der Waals surface area contributed by atoms with Gasteiger partial charge in [0, 0.05) is 19.0 Å². The smallest absolute Gasteiger partial charge is 0.322 e. The Bertz CT molecular complexity index is 600. The number of urea groups is 1. The van der Waals surface area contributed by atoms with Gasteiger partial charge in [0.15, 0.2) is 0 Å². The van der Waals surface area contributed by atoms with E-state index < -0.39 is 0 Å². The fourth-order valence-corrected chi connectivity index (χ4v) is 2.77. The van der Waals surface area contributed by atoms with E-state index in [4.69, 9.17) is 4.74 Å². The molecule has 1 atom stereocenters. The summed E-state index contributed by atoms with van der Waals surface area (Å²) < 4.78 is 5.75. The van der Waals surface area contributed by atoms with Gasteiger partial charge in [0.2, 0.25) is 5.88 Å². The summed E-state index contributed by atoms with van der Waals surface area (Å²) in [5.74, 6) is 0.506. The number of hydrogen-bond donors (Lipinski definition) is 1. The number of carbonyl (C=O) groups is 1. The van der Waals surface area contributed by atoms with Crippen LogP contribution in [0.5, 0.6) is 5.88 Å². The van der Waals surface area contributed by atoms with Crippen LogP contribution in [0.15, 0.2) is 29.6 Å². The van der Waals surface area contributed by atoms with E-state index >= 15 is 0 Å². The van der Waals surface area contributed by atoms with Gasteiger partial charge in [-0.05, 0) is 30.5 Å². The van der Waals surface area contributed by atoms with Crippen molar-refractivity contribution in [2.45, 2.75) is 19.4 Å². The third-order valence-electron chi connectivity index (χ3n) is 3.24. The maximum Gasteiger partial charge on any atom is 0.322 e. The van der Waals surface area contributed by atoms with Gasteiger partial charge in [0.1, 0.15) is 6.10 Å². The zero-order chi connectivity index (χ0) is 14.7. The highest BCUT2D eigenvalue weighted by Gasteiger charge is 2.28. The molecule has 0 saturated carbocycles. The monoisotopic (exact) mass is 304 g/mol. The number of rotatable bonds is 3. The molecule has 21 heavy (non-hydrogen) atoms. The highest BCUT2D eigenvalue weighted by molar-refractivity contribution is 7.14. The molecular formula is C14H16N4O2S. The summed E-state index contributed by atoms with van der Waals surface area (Å²) in [7, 11) is 0. The molecule has 1 fully saturated rings. The van der Waals surface area contributed by atoms with Gasteiger partial charge < -0.3 is 9.64 Å². The average molecular weight is 304 g/mol. The van der Waals surface area contributed by atoms with E-state index in [-0.39, 0.29) is 12.1 Å². The van der Waals surface area contributed by atoms with Gasteiger partial charge in [-0.1, -0.05) is 0 Å². The highest BCUT2D eigenvalue weighted by atomic mass is 32.1.